The van der Waals surface area contributed by atoms with E-state index in [-0.39, 0.29) is 6.03 Å². The molecular weight excluding hydrogens is 466 g/mol. The molecule has 4 aromatic rings. The maximum absolute atomic E-state index is 12.5. The Morgan fingerprint density at radius 2 is 1.97 bits per heavy atom. The van der Waals surface area contributed by atoms with Crippen LogP contribution in [0.4, 0.5) is 9.93 Å². The molecule has 0 atom stereocenters. The molecule has 1 aliphatic rings. The summed E-state index contributed by atoms with van der Waals surface area (Å²) in [6.45, 7) is 4.77. The Bertz CT molecular complexity index is 1370. The highest BCUT2D eigenvalue weighted by Gasteiger charge is 2.24. The van der Waals surface area contributed by atoms with Gasteiger partial charge in [0.15, 0.2) is 11.0 Å². The quantitative estimate of drug-likeness (QED) is 0.337. The van der Waals surface area contributed by atoms with E-state index in [9.17, 15) is 4.79 Å². The van der Waals surface area contributed by atoms with Crippen LogP contribution in [0.2, 0.25) is 5.02 Å². The van der Waals surface area contributed by atoms with Crippen molar-refractivity contribution in [1.29, 1.82) is 0 Å². The number of urea groups is 1. The van der Waals surface area contributed by atoms with E-state index in [2.05, 4.69) is 46.6 Å². The minimum Gasteiger partial charge on any atom is -0.334 e. The van der Waals surface area contributed by atoms with Gasteiger partial charge in [0.1, 0.15) is 0 Å². The summed E-state index contributed by atoms with van der Waals surface area (Å²) in [7, 11) is 0. The Labute approximate surface area is 207 Å². The third kappa shape index (κ3) is 4.67. The van der Waals surface area contributed by atoms with Crippen molar-refractivity contribution >= 4 is 34.1 Å². The van der Waals surface area contributed by atoms with Gasteiger partial charge in [0.05, 0.1) is 21.3 Å². The van der Waals surface area contributed by atoms with Gasteiger partial charge in [0, 0.05) is 18.3 Å². The second-order valence-corrected chi connectivity index (χ2v) is 9.96. The third-order valence-electron chi connectivity index (χ3n) is 5.81. The predicted molar refractivity (Wildman–Crippen MR) is 137 cm³/mol. The maximum atomic E-state index is 12.5. The number of nitrogens with one attached hydrogen (secondary N) is 2. The van der Waals surface area contributed by atoms with Crippen LogP contribution in [0.3, 0.4) is 0 Å². The van der Waals surface area contributed by atoms with E-state index >= 15 is 0 Å². The molecular formula is C26H24ClN5OS. The molecule has 8 heteroatoms. The van der Waals surface area contributed by atoms with E-state index in [1.54, 1.807) is 0 Å². The van der Waals surface area contributed by atoms with Crippen LogP contribution in [-0.2, 0) is 19.4 Å². The van der Waals surface area contributed by atoms with E-state index in [0.29, 0.717) is 28.4 Å². The summed E-state index contributed by atoms with van der Waals surface area (Å²) in [6, 6.07) is 15.5. The molecule has 0 fully saturated rings. The summed E-state index contributed by atoms with van der Waals surface area (Å²) in [6.07, 6.45) is 3.47. The summed E-state index contributed by atoms with van der Waals surface area (Å²) in [4.78, 5) is 27.5. The first-order valence-electron chi connectivity index (χ1n) is 11.2. The molecule has 1 aliphatic carbocycles. The van der Waals surface area contributed by atoms with Crippen LogP contribution >= 0.6 is 22.9 Å². The van der Waals surface area contributed by atoms with Crippen LogP contribution in [0.15, 0.2) is 54.7 Å². The van der Waals surface area contributed by atoms with Gasteiger partial charge < -0.3 is 5.32 Å². The number of aromatic nitrogens is 3. The van der Waals surface area contributed by atoms with Crippen molar-refractivity contribution in [2.75, 3.05) is 5.32 Å². The highest BCUT2D eigenvalue weighted by Crippen LogP contribution is 2.39. The molecule has 0 spiro atoms. The van der Waals surface area contributed by atoms with Crippen molar-refractivity contribution in [1.82, 2.24) is 20.3 Å². The van der Waals surface area contributed by atoms with Crippen LogP contribution in [0, 0.1) is 0 Å². The molecule has 0 unspecified atom stereocenters. The number of rotatable bonds is 5. The van der Waals surface area contributed by atoms with Crippen LogP contribution in [0.1, 0.15) is 42.1 Å². The third-order valence-corrected chi connectivity index (χ3v) is 7.16. The molecule has 2 aromatic heterocycles. The smallest absolute Gasteiger partial charge is 0.321 e. The van der Waals surface area contributed by atoms with Crippen LogP contribution < -0.4 is 10.6 Å². The van der Waals surface area contributed by atoms with Gasteiger partial charge in [-0.3, -0.25) is 5.32 Å². The molecule has 2 N–H and O–H groups in total. The van der Waals surface area contributed by atoms with Crippen molar-refractivity contribution in [2.24, 2.45) is 0 Å². The van der Waals surface area contributed by atoms with E-state index in [1.807, 2.05) is 42.6 Å². The van der Waals surface area contributed by atoms with Gasteiger partial charge in [0.2, 0.25) is 0 Å². The molecule has 0 aliphatic heterocycles. The minimum absolute atomic E-state index is 0.277. The van der Waals surface area contributed by atoms with Gasteiger partial charge in [-0.25, -0.2) is 19.7 Å². The summed E-state index contributed by atoms with van der Waals surface area (Å²) in [5, 5.41) is 6.98. The molecule has 5 rings (SSSR count). The zero-order valence-electron chi connectivity index (χ0n) is 18.9. The summed E-state index contributed by atoms with van der Waals surface area (Å²) >= 11 is 7.79. The van der Waals surface area contributed by atoms with Gasteiger partial charge in [-0.1, -0.05) is 73.2 Å². The lowest BCUT2D eigenvalue weighted by Crippen LogP contribution is -2.28. The number of fused-ring (bicyclic) bond motifs is 3. The number of anilines is 1. The number of carbonyl (C=O) groups is 1. The number of carbonyl (C=O) groups excluding carboxylic acids is 1. The second kappa shape index (κ2) is 9.52. The fraction of sp³-hybridized carbons (Fsp3) is 0.231. The molecule has 6 nitrogen and oxygen atoms in total. The van der Waals surface area contributed by atoms with Crippen molar-refractivity contribution in [2.45, 2.75) is 39.2 Å². The molecule has 2 amide bonds. The SMILES string of the molecule is CC(C)c1cccc(CNC(=O)Nc2nc3c(s2)-c2nc(-c4ccccc4Cl)ncc2CC3)c1. The second-order valence-electron chi connectivity index (χ2n) is 8.55. The summed E-state index contributed by atoms with van der Waals surface area (Å²) in [5.74, 6) is 1.03. The van der Waals surface area contributed by atoms with Gasteiger partial charge >= 0.3 is 6.03 Å². The molecule has 172 valence electrons. The Morgan fingerprint density at radius 3 is 2.79 bits per heavy atom. The number of aryl methyl sites for hydroxylation is 2. The first kappa shape index (κ1) is 22.5. The normalized spacial score (nSPS) is 12.2. The Kier molecular flexibility index (Phi) is 6.30. The summed E-state index contributed by atoms with van der Waals surface area (Å²) < 4.78 is 0. The number of thiazole rings is 1. The Hall–Kier alpha value is -3.29. The molecule has 2 aromatic carbocycles. The maximum Gasteiger partial charge on any atom is 0.321 e. The molecule has 0 radical (unpaired) electrons. The molecule has 2 heterocycles. The standard InChI is InChI=1S/C26H24ClN5OS/c1-15(2)17-7-5-6-16(12-17)13-29-25(33)32-26-30-21-11-10-18-14-28-24(31-22(18)23(21)34-26)19-8-3-4-9-20(19)27/h3-9,12,14-15H,10-11,13H2,1-2H3,(H2,29,30,32,33). The number of halogens is 1. The van der Waals surface area contributed by atoms with E-state index in [0.717, 1.165) is 45.8 Å². The van der Waals surface area contributed by atoms with E-state index < -0.39 is 0 Å². The number of hydrogen-bond donors (Lipinski definition) is 2. The molecule has 0 bridgehead atoms. The largest absolute Gasteiger partial charge is 0.334 e. The monoisotopic (exact) mass is 489 g/mol. The topological polar surface area (TPSA) is 79.8 Å². The first-order valence-corrected chi connectivity index (χ1v) is 12.4. The molecule has 0 saturated heterocycles. The average Bonchev–Trinajstić information content (AvgIpc) is 3.26. The van der Waals surface area contributed by atoms with Gasteiger partial charge in [-0.2, -0.15) is 0 Å². The van der Waals surface area contributed by atoms with Crippen molar-refractivity contribution in [3.05, 3.63) is 82.1 Å². The number of nitrogens with zero attached hydrogens (tertiary/aromatic N) is 3. The Morgan fingerprint density at radius 1 is 1.12 bits per heavy atom. The highest BCUT2D eigenvalue weighted by molar-refractivity contribution is 7.19. The highest BCUT2D eigenvalue weighted by atomic mass is 35.5. The minimum atomic E-state index is -0.277. The van der Waals surface area contributed by atoms with Crippen molar-refractivity contribution in [3.8, 4) is 22.0 Å². The number of amides is 2. The van der Waals surface area contributed by atoms with Crippen molar-refractivity contribution in [3.63, 3.8) is 0 Å². The Balaban J connectivity index is 1.32. The van der Waals surface area contributed by atoms with Gasteiger partial charge in [-0.15, -0.1) is 0 Å². The first-order chi connectivity index (χ1) is 16.5. The lowest BCUT2D eigenvalue weighted by atomic mass is 9.99. The van der Waals surface area contributed by atoms with Gasteiger partial charge in [0.25, 0.3) is 0 Å². The van der Waals surface area contributed by atoms with Crippen molar-refractivity contribution < 1.29 is 4.79 Å². The van der Waals surface area contributed by atoms with Crippen LogP contribution in [-0.4, -0.2) is 21.0 Å². The van der Waals surface area contributed by atoms with E-state index in [4.69, 9.17) is 16.6 Å². The number of benzene rings is 2. The molecule has 0 saturated carbocycles. The van der Waals surface area contributed by atoms with Crippen LogP contribution in [0.5, 0.6) is 0 Å². The fourth-order valence-electron chi connectivity index (χ4n) is 3.96. The predicted octanol–water partition coefficient (Wildman–Crippen LogP) is 6.46. The number of hydrogen-bond acceptors (Lipinski definition) is 5. The zero-order chi connectivity index (χ0) is 23.7. The van der Waals surface area contributed by atoms with Gasteiger partial charge in [-0.05, 0) is 47.6 Å². The fourth-order valence-corrected chi connectivity index (χ4v) is 5.21. The zero-order valence-corrected chi connectivity index (χ0v) is 20.5. The average molecular weight is 490 g/mol. The van der Waals surface area contributed by atoms with Crippen LogP contribution in [0.25, 0.3) is 22.0 Å². The summed E-state index contributed by atoms with van der Waals surface area (Å²) in [5.41, 5.74) is 6.00. The lowest BCUT2D eigenvalue weighted by molar-refractivity contribution is 0.251. The van der Waals surface area contributed by atoms with E-state index in [1.165, 1.54) is 16.9 Å². The molecule has 34 heavy (non-hydrogen) atoms. The lowest BCUT2D eigenvalue weighted by Gasteiger charge is -2.14.